The molecule has 0 aromatic carbocycles. The molecule has 1 aliphatic rings. The molecule has 1 unspecified atom stereocenters. The summed E-state index contributed by atoms with van der Waals surface area (Å²) in [5, 5.41) is 0. The van der Waals surface area contributed by atoms with Crippen LogP contribution in [0.1, 0.15) is 49.9 Å². The summed E-state index contributed by atoms with van der Waals surface area (Å²) >= 11 is 0. The molecule has 0 N–H and O–H groups in total. The maximum atomic E-state index is 4.29. The van der Waals surface area contributed by atoms with Crippen LogP contribution in [0.15, 0.2) is 43.0 Å². The maximum Gasteiger partial charge on any atom is 0.0403 e. The minimum absolute atomic E-state index is 0.507. The third-order valence-corrected chi connectivity index (χ3v) is 3.83. The molecule has 1 aromatic rings. The van der Waals surface area contributed by atoms with Crippen LogP contribution in [-0.2, 0) is 6.54 Å². The number of hydrogen-bond donors (Lipinski definition) is 0. The summed E-state index contributed by atoms with van der Waals surface area (Å²) < 4.78 is 2.37. The van der Waals surface area contributed by atoms with Crippen LogP contribution in [0.3, 0.4) is 0 Å². The van der Waals surface area contributed by atoms with Gasteiger partial charge in [-0.1, -0.05) is 44.2 Å². The van der Waals surface area contributed by atoms with E-state index in [-0.39, 0.29) is 0 Å². The van der Waals surface area contributed by atoms with Crippen molar-refractivity contribution in [2.75, 3.05) is 0 Å². The number of rotatable bonds is 6. The molecule has 18 heavy (non-hydrogen) atoms. The molecule has 1 heteroatoms. The number of aromatic nitrogens is 1. The van der Waals surface area contributed by atoms with Crippen molar-refractivity contribution in [3.05, 3.63) is 54.4 Å². The highest BCUT2D eigenvalue weighted by Crippen LogP contribution is 2.38. The van der Waals surface area contributed by atoms with E-state index in [9.17, 15) is 0 Å². The van der Waals surface area contributed by atoms with Crippen LogP contribution in [-0.4, -0.2) is 4.57 Å². The molecule has 0 radical (unpaired) electrons. The summed E-state index contributed by atoms with van der Waals surface area (Å²) in [4.78, 5) is 0. The Morgan fingerprint density at radius 2 is 2.22 bits per heavy atom. The van der Waals surface area contributed by atoms with Gasteiger partial charge in [0.25, 0.3) is 0 Å². The first-order valence-electron chi connectivity index (χ1n) is 6.83. The molecule has 0 spiro atoms. The average Bonchev–Trinajstić information content (AvgIpc) is 2.88. The van der Waals surface area contributed by atoms with E-state index in [1.807, 2.05) is 6.08 Å². The lowest BCUT2D eigenvalue weighted by molar-refractivity contribution is 0.700. The highest BCUT2D eigenvalue weighted by molar-refractivity contribution is 5.46. The Bertz CT molecular complexity index is 476. The first kappa shape index (κ1) is 12.9. The smallest absolute Gasteiger partial charge is 0.0403 e. The van der Waals surface area contributed by atoms with Crippen molar-refractivity contribution in [1.29, 1.82) is 0 Å². The second-order valence-corrected chi connectivity index (χ2v) is 5.22. The lowest BCUT2D eigenvalue weighted by atomic mass is 9.90. The Hall–Kier alpha value is -1.50. The van der Waals surface area contributed by atoms with E-state index in [0.717, 1.165) is 19.4 Å². The Labute approximate surface area is 111 Å². The number of hydrogen-bond acceptors (Lipinski definition) is 0. The predicted octanol–water partition coefficient (Wildman–Crippen LogP) is 4.92. The van der Waals surface area contributed by atoms with Crippen molar-refractivity contribution < 1.29 is 0 Å². The zero-order chi connectivity index (χ0) is 13.1. The van der Waals surface area contributed by atoms with E-state index >= 15 is 0 Å². The zero-order valence-electron chi connectivity index (χ0n) is 11.4. The summed E-state index contributed by atoms with van der Waals surface area (Å²) in [6.07, 6.45) is 6.38. The first-order valence-corrected chi connectivity index (χ1v) is 6.83. The maximum absolute atomic E-state index is 4.29. The van der Waals surface area contributed by atoms with E-state index < -0.39 is 0 Å². The van der Waals surface area contributed by atoms with Gasteiger partial charge in [0.1, 0.15) is 0 Å². The standard InChI is InChI=1S/C17H23N/c1-5-7-13(3)12-14(4)16-10-11-18-15(6-2)8-9-17(16)18/h6,8-9,16H,2-5,7,10-12H2,1H3. The SMILES string of the molecule is C=Cc1ccc2n1CCC2C(=C)CC(=C)CCC. The van der Waals surface area contributed by atoms with Crippen molar-refractivity contribution in [3.8, 4) is 0 Å². The van der Waals surface area contributed by atoms with E-state index in [4.69, 9.17) is 0 Å². The summed E-state index contributed by atoms with van der Waals surface area (Å²) in [5.41, 5.74) is 5.27. The quantitative estimate of drug-likeness (QED) is 0.623. The van der Waals surface area contributed by atoms with Crippen LogP contribution in [0.25, 0.3) is 6.08 Å². The fraction of sp³-hybridized carbons (Fsp3) is 0.412. The minimum atomic E-state index is 0.507. The van der Waals surface area contributed by atoms with Gasteiger partial charge in [-0.05, 0) is 37.5 Å². The molecule has 2 heterocycles. The highest BCUT2D eigenvalue weighted by atomic mass is 15.0. The van der Waals surface area contributed by atoms with Crippen molar-refractivity contribution in [3.63, 3.8) is 0 Å². The molecule has 1 aliphatic heterocycles. The molecule has 1 aromatic heterocycles. The van der Waals surface area contributed by atoms with Gasteiger partial charge in [-0.25, -0.2) is 0 Å². The summed E-state index contributed by atoms with van der Waals surface area (Å²) in [6, 6.07) is 4.38. The van der Waals surface area contributed by atoms with Gasteiger partial charge in [-0.2, -0.15) is 0 Å². The molecule has 96 valence electrons. The predicted molar refractivity (Wildman–Crippen MR) is 79.7 cm³/mol. The minimum Gasteiger partial charge on any atom is -0.344 e. The number of nitrogens with zero attached hydrogens (tertiary/aromatic N) is 1. The van der Waals surface area contributed by atoms with Crippen molar-refractivity contribution in [2.24, 2.45) is 0 Å². The monoisotopic (exact) mass is 241 g/mol. The van der Waals surface area contributed by atoms with Crippen LogP contribution in [0, 0.1) is 0 Å². The molecule has 2 rings (SSSR count). The van der Waals surface area contributed by atoms with Gasteiger partial charge in [0.15, 0.2) is 0 Å². The van der Waals surface area contributed by atoms with Gasteiger partial charge in [0, 0.05) is 23.9 Å². The van der Waals surface area contributed by atoms with Crippen molar-refractivity contribution in [1.82, 2.24) is 4.57 Å². The Balaban J connectivity index is 2.09. The van der Waals surface area contributed by atoms with Gasteiger partial charge in [0.05, 0.1) is 0 Å². The first-order chi connectivity index (χ1) is 8.67. The topological polar surface area (TPSA) is 4.93 Å². The third-order valence-electron chi connectivity index (χ3n) is 3.83. The van der Waals surface area contributed by atoms with Crippen LogP contribution in [0.2, 0.25) is 0 Å². The molecule has 0 bridgehead atoms. The molecule has 0 fully saturated rings. The van der Waals surface area contributed by atoms with Gasteiger partial charge in [-0.3, -0.25) is 0 Å². The molecule has 0 aliphatic carbocycles. The Morgan fingerprint density at radius 3 is 2.89 bits per heavy atom. The van der Waals surface area contributed by atoms with E-state index in [2.05, 4.69) is 43.4 Å². The highest BCUT2D eigenvalue weighted by Gasteiger charge is 2.25. The summed E-state index contributed by atoms with van der Waals surface area (Å²) in [5.74, 6) is 0.507. The number of allylic oxidation sites excluding steroid dienone is 2. The van der Waals surface area contributed by atoms with Gasteiger partial charge in [0.2, 0.25) is 0 Å². The fourth-order valence-electron chi connectivity index (χ4n) is 2.95. The second-order valence-electron chi connectivity index (χ2n) is 5.22. The lowest BCUT2D eigenvalue weighted by Crippen LogP contribution is -1.99. The Morgan fingerprint density at radius 1 is 1.44 bits per heavy atom. The van der Waals surface area contributed by atoms with Crippen LogP contribution in [0.5, 0.6) is 0 Å². The normalized spacial score (nSPS) is 17.5. The largest absolute Gasteiger partial charge is 0.344 e. The van der Waals surface area contributed by atoms with Crippen molar-refractivity contribution >= 4 is 6.08 Å². The summed E-state index contributed by atoms with van der Waals surface area (Å²) in [7, 11) is 0. The van der Waals surface area contributed by atoms with Gasteiger partial charge < -0.3 is 4.57 Å². The van der Waals surface area contributed by atoms with Gasteiger partial charge >= 0.3 is 0 Å². The van der Waals surface area contributed by atoms with Crippen LogP contribution >= 0.6 is 0 Å². The van der Waals surface area contributed by atoms with E-state index in [1.54, 1.807) is 0 Å². The fourth-order valence-corrected chi connectivity index (χ4v) is 2.95. The zero-order valence-corrected chi connectivity index (χ0v) is 11.4. The molecule has 1 nitrogen and oxygen atoms in total. The summed E-state index contributed by atoms with van der Waals surface area (Å²) in [6.45, 7) is 15.6. The van der Waals surface area contributed by atoms with Crippen LogP contribution in [0.4, 0.5) is 0 Å². The van der Waals surface area contributed by atoms with Gasteiger partial charge in [-0.15, -0.1) is 0 Å². The van der Waals surface area contributed by atoms with E-state index in [1.165, 1.54) is 35.4 Å². The van der Waals surface area contributed by atoms with E-state index in [0.29, 0.717) is 5.92 Å². The molecule has 0 saturated carbocycles. The van der Waals surface area contributed by atoms with Crippen molar-refractivity contribution in [2.45, 2.75) is 45.1 Å². The molecular weight excluding hydrogens is 218 g/mol. The molecule has 0 saturated heterocycles. The number of fused-ring (bicyclic) bond motifs is 1. The third kappa shape index (κ3) is 2.35. The lowest BCUT2D eigenvalue weighted by Gasteiger charge is -2.14. The molecule has 1 atom stereocenters. The van der Waals surface area contributed by atoms with Crippen LogP contribution < -0.4 is 0 Å². The average molecular weight is 241 g/mol. The second kappa shape index (κ2) is 5.43. The Kier molecular flexibility index (Phi) is 3.90. The molecular formula is C17H23N. The molecule has 0 amide bonds.